The van der Waals surface area contributed by atoms with Gasteiger partial charge in [0.15, 0.2) is 0 Å². The molecule has 0 atom stereocenters. The average molecular weight is 327 g/mol. The summed E-state index contributed by atoms with van der Waals surface area (Å²) in [6.45, 7) is 1.90. The zero-order valence-electron chi connectivity index (χ0n) is 13.0. The molecule has 1 aliphatic rings. The lowest BCUT2D eigenvalue weighted by Gasteiger charge is -2.32. The summed E-state index contributed by atoms with van der Waals surface area (Å²) < 4.78 is 1.40. The SMILES string of the molecule is O=CN1CCN(C(=O)Nc2ccn(-c3ccccc3)c(=O)n2)CC1. The van der Waals surface area contributed by atoms with Crippen LogP contribution < -0.4 is 11.0 Å². The first-order valence-electron chi connectivity index (χ1n) is 7.58. The van der Waals surface area contributed by atoms with Crippen molar-refractivity contribution in [3.05, 3.63) is 53.1 Å². The molecule has 1 aromatic heterocycles. The standard InChI is InChI=1S/C16H17N5O3/c22-12-19-8-10-20(11-9-19)15(23)17-14-6-7-21(16(24)18-14)13-4-2-1-3-5-13/h1-7,12H,8-11H2,(H,17,18,23,24). The van der Waals surface area contributed by atoms with Crippen molar-refractivity contribution in [3.63, 3.8) is 0 Å². The second kappa shape index (κ2) is 6.95. The molecular formula is C16H17N5O3. The summed E-state index contributed by atoms with van der Waals surface area (Å²) in [4.78, 5) is 42.1. The average Bonchev–Trinajstić information content (AvgIpc) is 2.62. The maximum absolute atomic E-state index is 12.2. The molecule has 0 aliphatic carbocycles. The number of anilines is 1. The smallest absolute Gasteiger partial charge is 0.342 e. The second-order valence-corrected chi connectivity index (χ2v) is 5.36. The highest BCUT2D eigenvalue weighted by atomic mass is 16.2. The van der Waals surface area contributed by atoms with E-state index in [1.54, 1.807) is 34.2 Å². The van der Waals surface area contributed by atoms with Crippen LogP contribution in [0.4, 0.5) is 10.6 Å². The third-order valence-corrected chi connectivity index (χ3v) is 3.82. The van der Waals surface area contributed by atoms with Gasteiger partial charge < -0.3 is 9.80 Å². The molecule has 8 heteroatoms. The summed E-state index contributed by atoms with van der Waals surface area (Å²) in [5.74, 6) is 0.204. The molecule has 1 saturated heterocycles. The van der Waals surface area contributed by atoms with Gasteiger partial charge in [0.25, 0.3) is 0 Å². The minimum atomic E-state index is -0.468. The topological polar surface area (TPSA) is 87.5 Å². The molecule has 24 heavy (non-hydrogen) atoms. The third-order valence-electron chi connectivity index (χ3n) is 3.82. The number of urea groups is 1. The highest BCUT2D eigenvalue weighted by molar-refractivity contribution is 5.88. The molecule has 2 aromatic rings. The van der Waals surface area contributed by atoms with Crippen LogP contribution in [-0.4, -0.2) is 58.0 Å². The molecule has 124 valence electrons. The normalized spacial score (nSPS) is 14.3. The predicted octanol–water partition coefficient (Wildman–Crippen LogP) is 0.538. The molecule has 1 N–H and O–H groups in total. The van der Waals surface area contributed by atoms with Crippen LogP contribution in [0.3, 0.4) is 0 Å². The van der Waals surface area contributed by atoms with Crippen molar-refractivity contribution in [3.8, 4) is 5.69 Å². The molecule has 8 nitrogen and oxygen atoms in total. The van der Waals surface area contributed by atoms with Crippen LogP contribution in [0.5, 0.6) is 0 Å². The van der Waals surface area contributed by atoms with E-state index in [1.807, 2.05) is 18.2 Å². The highest BCUT2D eigenvalue weighted by Gasteiger charge is 2.20. The van der Waals surface area contributed by atoms with Crippen molar-refractivity contribution in [1.29, 1.82) is 0 Å². The Hall–Kier alpha value is -3.16. The van der Waals surface area contributed by atoms with Crippen molar-refractivity contribution >= 4 is 18.3 Å². The van der Waals surface area contributed by atoms with Gasteiger partial charge in [0.1, 0.15) is 5.82 Å². The number of hydrogen-bond acceptors (Lipinski definition) is 4. The number of nitrogens with zero attached hydrogens (tertiary/aromatic N) is 4. The number of rotatable bonds is 3. The fourth-order valence-electron chi connectivity index (χ4n) is 2.48. The first-order valence-corrected chi connectivity index (χ1v) is 7.58. The number of aromatic nitrogens is 2. The Bertz CT molecular complexity index is 782. The van der Waals surface area contributed by atoms with E-state index in [0.717, 1.165) is 6.41 Å². The van der Waals surface area contributed by atoms with Gasteiger partial charge in [-0.15, -0.1) is 0 Å². The number of amides is 3. The summed E-state index contributed by atoms with van der Waals surface area (Å²) in [7, 11) is 0. The molecule has 3 amide bonds. The molecule has 2 heterocycles. The maximum atomic E-state index is 12.2. The molecule has 0 radical (unpaired) electrons. The third kappa shape index (κ3) is 3.43. The van der Waals surface area contributed by atoms with Crippen LogP contribution in [0.2, 0.25) is 0 Å². The van der Waals surface area contributed by atoms with Crippen molar-refractivity contribution < 1.29 is 9.59 Å². The Morgan fingerprint density at radius 1 is 1.08 bits per heavy atom. The fourth-order valence-corrected chi connectivity index (χ4v) is 2.48. The molecule has 0 spiro atoms. The number of piperazine rings is 1. The zero-order chi connectivity index (χ0) is 16.9. The minimum Gasteiger partial charge on any atom is -0.342 e. The molecule has 0 saturated carbocycles. The highest BCUT2D eigenvalue weighted by Crippen LogP contribution is 2.07. The molecular weight excluding hydrogens is 310 g/mol. The van der Waals surface area contributed by atoms with Crippen molar-refractivity contribution in [2.45, 2.75) is 0 Å². The lowest BCUT2D eigenvalue weighted by Crippen LogP contribution is -2.49. The Morgan fingerprint density at radius 2 is 1.79 bits per heavy atom. The van der Waals surface area contributed by atoms with Gasteiger partial charge in [0.2, 0.25) is 6.41 Å². The van der Waals surface area contributed by atoms with Crippen molar-refractivity contribution in [2.24, 2.45) is 0 Å². The second-order valence-electron chi connectivity index (χ2n) is 5.36. The van der Waals surface area contributed by atoms with E-state index in [2.05, 4.69) is 10.3 Å². The number of para-hydroxylation sites is 1. The van der Waals surface area contributed by atoms with Crippen LogP contribution in [-0.2, 0) is 4.79 Å². The fraction of sp³-hybridized carbons (Fsp3) is 0.250. The lowest BCUT2D eigenvalue weighted by molar-refractivity contribution is -0.119. The Balaban J connectivity index is 1.68. The van der Waals surface area contributed by atoms with E-state index < -0.39 is 5.69 Å². The lowest BCUT2D eigenvalue weighted by atomic mass is 10.3. The van der Waals surface area contributed by atoms with E-state index in [-0.39, 0.29) is 11.8 Å². The summed E-state index contributed by atoms with van der Waals surface area (Å²) in [6, 6.07) is 10.4. The molecule has 0 unspecified atom stereocenters. The molecule has 0 bridgehead atoms. The van der Waals surface area contributed by atoms with Gasteiger partial charge in [-0.2, -0.15) is 4.98 Å². The van der Waals surface area contributed by atoms with Gasteiger partial charge in [-0.05, 0) is 18.2 Å². The number of hydrogen-bond donors (Lipinski definition) is 1. The van der Waals surface area contributed by atoms with Crippen molar-refractivity contribution in [2.75, 3.05) is 31.5 Å². The van der Waals surface area contributed by atoms with Gasteiger partial charge >= 0.3 is 11.7 Å². The minimum absolute atomic E-state index is 0.204. The first-order chi connectivity index (χ1) is 11.7. The van der Waals surface area contributed by atoms with Crippen LogP contribution in [0, 0.1) is 0 Å². The first kappa shape index (κ1) is 15.7. The summed E-state index contributed by atoms with van der Waals surface area (Å²) in [5, 5.41) is 2.62. The molecule has 1 aromatic carbocycles. The predicted molar refractivity (Wildman–Crippen MR) is 88.1 cm³/mol. The van der Waals surface area contributed by atoms with Gasteiger partial charge in [0, 0.05) is 32.4 Å². The van der Waals surface area contributed by atoms with Crippen LogP contribution in [0.25, 0.3) is 5.69 Å². The van der Waals surface area contributed by atoms with Gasteiger partial charge in [-0.3, -0.25) is 14.7 Å². The molecule has 3 rings (SSSR count). The molecule has 1 fully saturated rings. The number of carbonyl (C=O) groups excluding carboxylic acids is 2. The zero-order valence-corrected chi connectivity index (χ0v) is 13.0. The van der Waals surface area contributed by atoms with Gasteiger partial charge in [-0.25, -0.2) is 9.59 Å². The van der Waals surface area contributed by atoms with E-state index in [1.165, 1.54) is 4.57 Å². The Morgan fingerprint density at radius 3 is 2.42 bits per heavy atom. The van der Waals surface area contributed by atoms with E-state index in [4.69, 9.17) is 0 Å². The maximum Gasteiger partial charge on any atom is 0.354 e. The monoisotopic (exact) mass is 327 g/mol. The Kier molecular flexibility index (Phi) is 4.55. The Labute approximate surface area is 138 Å². The number of nitrogens with one attached hydrogen (secondary N) is 1. The van der Waals surface area contributed by atoms with Crippen LogP contribution >= 0.6 is 0 Å². The van der Waals surface area contributed by atoms with Crippen LogP contribution in [0.1, 0.15) is 0 Å². The van der Waals surface area contributed by atoms with Crippen molar-refractivity contribution in [1.82, 2.24) is 19.4 Å². The van der Waals surface area contributed by atoms with E-state index in [9.17, 15) is 14.4 Å². The van der Waals surface area contributed by atoms with E-state index >= 15 is 0 Å². The van der Waals surface area contributed by atoms with Crippen LogP contribution in [0.15, 0.2) is 47.4 Å². The quantitative estimate of drug-likeness (QED) is 0.834. The largest absolute Gasteiger partial charge is 0.354 e. The van der Waals surface area contributed by atoms with Gasteiger partial charge in [0.05, 0.1) is 5.69 Å². The number of carbonyl (C=O) groups is 2. The van der Waals surface area contributed by atoms with Gasteiger partial charge in [-0.1, -0.05) is 18.2 Å². The summed E-state index contributed by atoms with van der Waals surface area (Å²) in [6.07, 6.45) is 2.35. The molecule has 1 aliphatic heterocycles. The summed E-state index contributed by atoms with van der Waals surface area (Å²) >= 11 is 0. The number of benzene rings is 1. The van der Waals surface area contributed by atoms with E-state index in [0.29, 0.717) is 31.9 Å². The summed E-state index contributed by atoms with van der Waals surface area (Å²) in [5.41, 5.74) is 0.239.